The molecule has 160 valence electrons. The number of hydrogen-bond acceptors (Lipinski definition) is 3. The van der Waals surface area contributed by atoms with Gasteiger partial charge in [-0.1, -0.05) is 24.6 Å². The molecule has 0 amide bonds. The van der Waals surface area contributed by atoms with Crippen molar-refractivity contribution in [3.8, 4) is 5.75 Å². The first-order chi connectivity index (χ1) is 13.0. The number of hydrogen-bond donors (Lipinski definition) is 2. The van der Waals surface area contributed by atoms with Crippen LogP contribution in [-0.4, -0.2) is 50.2 Å². The Balaban J connectivity index is 0.00000392. The van der Waals surface area contributed by atoms with Crippen molar-refractivity contribution in [3.05, 3.63) is 29.3 Å². The van der Waals surface area contributed by atoms with Crippen molar-refractivity contribution in [2.75, 3.05) is 32.7 Å². The van der Waals surface area contributed by atoms with E-state index in [1.54, 1.807) is 12.1 Å². The first kappa shape index (κ1) is 24.9. The summed E-state index contributed by atoms with van der Waals surface area (Å²) in [5.74, 6) is 1.48. The first-order valence-electron chi connectivity index (χ1n) is 9.80. The number of likely N-dealkylation sites (tertiary alicyclic amines) is 1. The number of aliphatic imine (C=N–C) groups is 1. The molecule has 0 bridgehead atoms. The van der Waals surface area contributed by atoms with Gasteiger partial charge < -0.3 is 20.3 Å². The van der Waals surface area contributed by atoms with E-state index in [-0.39, 0.29) is 36.3 Å². The van der Waals surface area contributed by atoms with Gasteiger partial charge in [-0.3, -0.25) is 0 Å². The molecule has 1 unspecified atom stereocenters. The molecule has 1 heterocycles. The zero-order valence-corrected chi connectivity index (χ0v) is 19.3. The second-order valence-electron chi connectivity index (χ2n) is 6.97. The maximum absolute atomic E-state index is 12.6. The van der Waals surface area contributed by atoms with Crippen LogP contribution in [0.3, 0.4) is 0 Å². The molecule has 8 heteroatoms. The van der Waals surface area contributed by atoms with Gasteiger partial charge in [0, 0.05) is 25.2 Å². The van der Waals surface area contributed by atoms with E-state index in [1.807, 2.05) is 19.9 Å². The second kappa shape index (κ2) is 13.1. The smallest absolute Gasteiger partial charge is 0.387 e. The fourth-order valence-corrected chi connectivity index (χ4v) is 3.39. The minimum absolute atomic E-state index is 0. The Hall–Kier alpha value is -1.16. The maximum Gasteiger partial charge on any atom is 0.387 e. The van der Waals surface area contributed by atoms with Gasteiger partial charge >= 0.3 is 6.61 Å². The lowest BCUT2D eigenvalue weighted by atomic mass is 9.98. The van der Waals surface area contributed by atoms with Crippen molar-refractivity contribution < 1.29 is 13.5 Å². The summed E-state index contributed by atoms with van der Waals surface area (Å²) in [5, 5.41) is 6.63. The van der Waals surface area contributed by atoms with Crippen molar-refractivity contribution in [1.29, 1.82) is 0 Å². The molecular weight excluding hydrogens is 477 g/mol. The number of guanidine groups is 1. The molecule has 28 heavy (non-hydrogen) atoms. The number of aryl methyl sites for hydroxylation is 1. The normalized spacial score (nSPS) is 17.9. The molecule has 1 aliphatic rings. The lowest BCUT2D eigenvalue weighted by Gasteiger charge is -2.32. The molecule has 0 aromatic heterocycles. The van der Waals surface area contributed by atoms with Gasteiger partial charge in [0.1, 0.15) is 5.75 Å². The van der Waals surface area contributed by atoms with Crippen LogP contribution in [-0.2, 0) is 6.54 Å². The Morgan fingerprint density at radius 3 is 2.79 bits per heavy atom. The van der Waals surface area contributed by atoms with E-state index in [1.165, 1.54) is 19.4 Å². The van der Waals surface area contributed by atoms with Crippen molar-refractivity contribution in [2.24, 2.45) is 10.9 Å². The van der Waals surface area contributed by atoms with Gasteiger partial charge in [0.25, 0.3) is 0 Å². The van der Waals surface area contributed by atoms with Crippen molar-refractivity contribution in [2.45, 2.75) is 46.8 Å². The highest BCUT2D eigenvalue weighted by atomic mass is 127. The lowest BCUT2D eigenvalue weighted by molar-refractivity contribution is -0.0504. The third-order valence-corrected chi connectivity index (χ3v) is 4.79. The molecule has 1 aliphatic heterocycles. The third kappa shape index (κ3) is 8.46. The summed E-state index contributed by atoms with van der Waals surface area (Å²) in [4.78, 5) is 7.05. The summed E-state index contributed by atoms with van der Waals surface area (Å²) in [6.45, 7) is 8.55. The minimum Gasteiger partial charge on any atom is -0.434 e. The molecule has 2 N–H and O–H groups in total. The predicted molar refractivity (Wildman–Crippen MR) is 121 cm³/mol. The number of ether oxygens (including phenoxy) is 1. The second-order valence-corrected chi connectivity index (χ2v) is 6.97. The molecule has 1 aromatic carbocycles. The first-order valence-corrected chi connectivity index (χ1v) is 9.80. The predicted octanol–water partition coefficient (Wildman–Crippen LogP) is 4.00. The zero-order chi connectivity index (χ0) is 19.6. The standard InChI is InChI=1S/C20H32F2N4O.HI/c1-4-23-20(24-12-16-7-6-10-26(5-2)14-16)25-13-17-11-15(3)8-9-18(17)27-19(21)22;/h8-9,11,16,19H,4-7,10,12-14H2,1-3H3,(H2,23,24,25);1H. The van der Waals surface area contributed by atoms with Gasteiger partial charge in [0.15, 0.2) is 5.96 Å². The van der Waals surface area contributed by atoms with Crippen molar-refractivity contribution in [3.63, 3.8) is 0 Å². The monoisotopic (exact) mass is 510 g/mol. The molecule has 5 nitrogen and oxygen atoms in total. The number of rotatable bonds is 8. The summed E-state index contributed by atoms with van der Waals surface area (Å²) >= 11 is 0. The Bertz CT molecular complexity index is 616. The Labute approximate surface area is 184 Å². The van der Waals surface area contributed by atoms with Crippen molar-refractivity contribution >= 4 is 29.9 Å². The summed E-state index contributed by atoms with van der Waals surface area (Å²) in [5.41, 5.74) is 1.64. The Kier molecular flexibility index (Phi) is 11.7. The maximum atomic E-state index is 12.6. The van der Waals surface area contributed by atoms with Crippen LogP contribution in [0.15, 0.2) is 23.2 Å². The number of piperidine rings is 1. The molecular formula is C20H33F2IN4O. The number of nitrogens with one attached hydrogen (secondary N) is 2. The highest BCUT2D eigenvalue weighted by molar-refractivity contribution is 14.0. The van der Waals surface area contributed by atoms with Crippen LogP contribution in [0.5, 0.6) is 5.75 Å². The average Bonchev–Trinajstić information content (AvgIpc) is 2.65. The van der Waals surface area contributed by atoms with E-state index in [4.69, 9.17) is 0 Å². The summed E-state index contributed by atoms with van der Waals surface area (Å²) < 4.78 is 29.9. The molecule has 0 radical (unpaired) electrons. The van der Waals surface area contributed by atoms with Gasteiger partial charge in [-0.05, 0) is 51.8 Å². The SMILES string of the molecule is CCNC(=NCc1cc(C)ccc1OC(F)F)NCC1CCCN(CC)C1.I. The van der Waals surface area contributed by atoms with Gasteiger partial charge in [-0.25, -0.2) is 4.99 Å². The lowest BCUT2D eigenvalue weighted by Crippen LogP contribution is -2.44. The molecule has 1 saturated heterocycles. The van der Waals surface area contributed by atoms with Gasteiger partial charge in [-0.15, -0.1) is 24.0 Å². The fourth-order valence-electron chi connectivity index (χ4n) is 3.39. The van der Waals surface area contributed by atoms with E-state index in [2.05, 4.69) is 32.2 Å². The van der Waals surface area contributed by atoms with Crippen LogP contribution in [0.4, 0.5) is 8.78 Å². The van der Waals surface area contributed by atoms with Crippen LogP contribution >= 0.6 is 24.0 Å². The molecule has 1 atom stereocenters. The Morgan fingerprint density at radius 2 is 2.11 bits per heavy atom. The minimum atomic E-state index is -2.84. The van der Waals surface area contributed by atoms with E-state index < -0.39 is 6.61 Å². The topological polar surface area (TPSA) is 48.9 Å². The molecule has 0 aliphatic carbocycles. The fraction of sp³-hybridized carbons (Fsp3) is 0.650. The number of nitrogens with zero attached hydrogens (tertiary/aromatic N) is 2. The highest BCUT2D eigenvalue weighted by Gasteiger charge is 2.18. The summed E-state index contributed by atoms with van der Waals surface area (Å²) in [6, 6.07) is 5.18. The van der Waals surface area contributed by atoms with E-state index >= 15 is 0 Å². The highest BCUT2D eigenvalue weighted by Crippen LogP contribution is 2.23. The molecule has 0 saturated carbocycles. The molecule has 0 spiro atoms. The molecule has 1 aromatic rings. The van der Waals surface area contributed by atoms with Crippen LogP contribution in [0.2, 0.25) is 0 Å². The summed E-state index contributed by atoms with van der Waals surface area (Å²) in [6.07, 6.45) is 2.44. The number of alkyl halides is 2. The van der Waals surface area contributed by atoms with E-state index in [9.17, 15) is 8.78 Å². The van der Waals surface area contributed by atoms with Crippen LogP contribution < -0.4 is 15.4 Å². The third-order valence-electron chi connectivity index (χ3n) is 4.79. The van der Waals surface area contributed by atoms with Crippen LogP contribution in [0.1, 0.15) is 37.8 Å². The van der Waals surface area contributed by atoms with Gasteiger partial charge in [-0.2, -0.15) is 8.78 Å². The molecule has 1 fully saturated rings. The quantitative estimate of drug-likeness (QED) is 0.316. The van der Waals surface area contributed by atoms with Crippen molar-refractivity contribution in [1.82, 2.24) is 15.5 Å². The number of benzene rings is 1. The largest absolute Gasteiger partial charge is 0.434 e. The molecule has 2 rings (SSSR count). The Morgan fingerprint density at radius 1 is 1.32 bits per heavy atom. The average molecular weight is 510 g/mol. The van der Waals surface area contributed by atoms with Crippen LogP contribution in [0.25, 0.3) is 0 Å². The number of halogens is 3. The zero-order valence-electron chi connectivity index (χ0n) is 17.0. The van der Waals surface area contributed by atoms with Gasteiger partial charge in [0.05, 0.1) is 6.54 Å². The van der Waals surface area contributed by atoms with Crippen LogP contribution in [0, 0.1) is 12.8 Å². The van der Waals surface area contributed by atoms with E-state index in [0.717, 1.165) is 31.7 Å². The van der Waals surface area contributed by atoms with Gasteiger partial charge in [0.2, 0.25) is 0 Å². The van der Waals surface area contributed by atoms with E-state index in [0.29, 0.717) is 17.4 Å². The summed E-state index contributed by atoms with van der Waals surface area (Å²) in [7, 11) is 0.